The van der Waals surface area contributed by atoms with Crippen LogP contribution in [-0.2, 0) is 33.3 Å². The summed E-state index contributed by atoms with van der Waals surface area (Å²) < 4.78 is 67.9. The van der Waals surface area contributed by atoms with Crippen molar-refractivity contribution >= 4 is 24.1 Å². The van der Waals surface area contributed by atoms with Crippen LogP contribution in [0.15, 0.2) is 29.3 Å². The Bertz CT molecular complexity index is 871. The van der Waals surface area contributed by atoms with Gasteiger partial charge in [-0.2, -0.15) is 13.2 Å². The molecular formula is C21H24F3NO8. The van der Waals surface area contributed by atoms with E-state index < -0.39 is 61.1 Å². The Hall–Kier alpha value is -3.15. The van der Waals surface area contributed by atoms with E-state index in [-0.39, 0.29) is 0 Å². The summed E-state index contributed by atoms with van der Waals surface area (Å²) in [5.74, 6) is -4.60. The first-order valence-electron chi connectivity index (χ1n) is 9.79. The highest BCUT2D eigenvalue weighted by Crippen LogP contribution is 2.42. The summed E-state index contributed by atoms with van der Waals surface area (Å²) in [7, 11) is 1.46. The molecule has 5 atom stereocenters. The number of aliphatic imine (C=N–C) groups is 1. The van der Waals surface area contributed by atoms with Gasteiger partial charge in [0.1, 0.15) is 36.5 Å². The third-order valence-corrected chi connectivity index (χ3v) is 4.60. The number of alkyl halides is 3. The molecular weight excluding hydrogens is 451 g/mol. The quantitative estimate of drug-likeness (QED) is 0.336. The van der Waals surface area contributed by atoms with Gasteiger partial charge in [0.15, 0.2) is 0 Å². The largest absolute Gasteiger partial charge is 0.497 e. The first-order chi connectivity index (χ1) is 15.4. The average molecular weight is 475 g/mol. The third-order valence-electron chi connectivity index (χ3n) is 4.60. The van der Waals surface area contributed by atoms with Crippen molar-refractivity contribution in [1.82, 2.24) is 0 Å². The Morgan fingerprint density at radius 2 is 1.64 bits per heavy atom. The molecule has 1 saturated heterocycles. The first-order valence-corrected chi connectivity index (χ1v) is 9.79. The Balaban J connectivity index is 2.49. The van der Waals surface area contributed by atoms with Crippen molar-refractivity contribution in [2.24, 2.45) is 10.9 Å². The third kappa shape index (κ3) is 7.45. The van der Waals surface area contributed by atoms with Crippen LogP contribution in [0, 0.1) is 5.92 Å². The molecule has 0 aromatic heterocycles. The number of ether oxygens (including phenoxy) is 5. The highest BCUT2D eigenvalue weighted by Gasteiger charge is 2.60. The topological polar surface area (TPSA) is 110 Å². The van der Waals surface area contributed by atoms with Crippen LogP contribution in [0.1, 0.15) is 26.3 Å². The zero-order valence-corrected chi connectivity index (χ0v) is 18.3. The number of halogens is 3. The number of carbonyl (C=O) groups is 3. The highest BCUT2D eigenvalue weighted by molar-refractivity contribution is 5.80. The smallest absolute Gasteiger partial charge is 0.397 e. The maximum Gasteiger partial charge on any atom is 0.397 e. The maximum atomic E-state index is 14.2. The normalized spacial score (nSPS) is 25.4. The molecule has 182 valence electrons. The average Bonchev–Trinajstić information content (AvgIpc) is 2.70. The minimum absolute atomic E-state index is 0.435. The minimum atomic E-state index is -4.95. The molecule has 0 radical (unpaired) electrons. The predicted octanol–water partition coefficient (Wildman–Crippen LogP) is 2.44. The number of benzene rings is 1. The van der Waals surface area contributed by atoms with Crippen molar-refractivity contribution in [3.05, 3.63) is 29.8 Å². The molecule has 1 aromatic carbocycles. The van der Waals surface area contributed by atoms with Crippen LogP contribution < -0.4 is 4.74 Å². The molecule has 0 bridgehead atoms. The van der Waals surface area contributed by atoms with E-state index in [9.17, 15) is 27.6 Å². The molecule has 33 heavy (non-hydrogen) atoms. The van der Waals surface area contributed by atoms with Crippen molar-refractivity contribution in [2.45, 2.75) is 51.5 Å². The van der Waals surface area contributed by atoms with Crippen LogP contribution >= 0.6 is 0 Å². The Morgan fingerprint density at radius 1 is 1.03 bits per heavy atom. The van der Waals surface area contributed by atoms with Crippen LogP contribution in [-0.4, -0.2) is 68.6 Å². The fourth-order valence-electron chi connectivity index (χ4n) is 3.27. The fourth-order valence-corrected chi connectivity index (χ4v) is 3.27. The molecule has 1 aliphatic rings. The van der Waals surface area contributed by atoms with E-state index in [4.69, 9.17) is 23.7 Å². The van der Waals surface area contributed by atoms with E-state index in [1.165, 1.54) is 7.11 Å². The molecule has 0 saturated carbocycles. The van der Waals surface area contributed by atoms with E-state index in [0.29, 0.717) is 11.3 Å². The lowest BCUT2D eigenvalue weighted by molar-refractivity contribution is -0.301. The van der Waals surface area contributed by atoms with Gasteiger partial charge in [0.25, 0.3) is 0 Å². The van der Waals surface area contributed by atoms with E-state index >= 15 is 0 Å². The summed E-state index contributed by atoms with van der Waals surface area (Å²) in [6.07, 6.45) is -9.04. The Labute approximate surface area is 187 Å². The Morgan fingerprint density at radius 3 is 2.12 bits per heavy atom. The van der Waals surface area contributed by atoms with Crippen molar-refractivity contribution in [3.63, 3.8) is 0 Å². The van der Waals surface area contributed by atoms with Gasteiger partial charge in [-0.05, 0) is 29.8 Å². The standard InChI is InChI=1S/C21H24F3NO8/c1-11(26)30-10-16-19(31-12(2)27)17(21(22,23)24)18(20(33-16)32-13(3)28)25-9-14-5-7-15(29-4)8-6-14/h5-9,16-20H,10H2,1-4H3/t16?,17?,18?,19-,20-/m1/s1. The first kappa shape index (κ1) is 26.1. The predicted molar refractivity (Wildman–Crippen MR) is 107 cm³/mol. The maximum absolute atomic E-state index is 14.2. The van der Waals surface area contributed by atoms with Gasteiger partial charge in [-0.25, -0.2) is 0 Å². The summed E-state index contributed by atoms with van der Waals surface area (Å²) in [4.78, 5) is 38.3. The molecule has 9 nitrogen and oxygen atoms in total. The summed E-state index contributed by atoms with van der Waals surface area (Å²) in [5, 5.41) is 0. The molecule has 1 heterocycles. The van der Waals surface area contributed by atoms with E-state index in [1.807, 2.05) is 0 Å². The van der Waals surface area contributed by atoms with Crippen molar-refractivity contribution in [3.8, 4) is 5.75 Å². The van der Waals surface area contributed by atoms with Crippen LogP contribution in [0.3, 0.4) is 0 Å². The van der Waals surface area contributed by atoms with Gasteiger partial charge in [-0.3, -0.25) is 19.4 Å². The van der Waals surface area contributed by atoms with Crippen LogP contribution in [0.5, 0.6) is 5.75 Å². The number of hydrogen-bond acceptors (Lipinski definition) is 9. The van der Waals surface area contributed by atoms with Crippen molar-refractivity contribution < 1.29 is 51.2 Å². The van der Waals surface area contributed by atoms with Crippen molar-refractivity contribution in [1.29, 1.82) is 0 Å². The van der Waals surface area contributed by atoms with Gasteiger partial charge in [0.2, 0.25) is 6.29 Å². The second-order valence-corrected chi connectivity index (χ2v) is 7.14. The van der Waals surface area contributed by atoms with E-state index in [2.05, 4.69) is 4.99 Å². The van der Waals surface area contributed by atoms with Crippen LogP contribution in [0.4, 0.5) is 13.2 Å². The van der Waals surface area contributed by atoms with Gasteiger partial charge < -0.3 is 23.7 Å². The molecule has 3 unspecified atom stereocenters. The van der Waals surface area contributed by atoms with Gasteiger partial charge in [-0.1, -0.05) is 0 Å². The molecule has 12 heteroatoms. The van der Waals surface area contributed by atoms with Gasteiger partial charge in [0, 0.05) is 27.0 Å². The van der Waals surface area contributed by atoms with Gasteiger partial charge in [0.05, 0.1) is 7.11 Å². The molecule has 0 amide bonds. The minimum Gasteiger partial charge on any atom is -0.497 e. The molecule has 2 rings (SSSR count). The molecule has 1 fully saturated rings. The van der Waals surface area contributed by atoms with Crippen LogP contribution in [0.2, 0.25) is 0 Å². The number of methoxy groups -OCH3 is 1. The zero-order chi connectivity index (χ0) is 24.8. The summed E-state index contributed by atoms with van der Waals surface area (Å²) >= 11 is 0. The highest BCUT2D eigenvalue weighted by atomic mass is 19.4. The fraction of sp³-hybridized carbons (Fsp3) is 0.524. The monoisotopic (exact) mass is 475 g/mol. The number of nitrogens with zero attached hydrogens (tertiary/aromatic N) is 1. The summed E-state index contributed by atoms with van der Waals surface area (Å²) in [6, 6.07) is 4.47. The van der Waals surface area contributed by atoms with E-state index in [0.717, 1.165) is 27.0 Å². The molecule has 0 spiro atoms. The Kier molecular flexibility index (Phi) is 8.80. The second-order valence-electron chi connectivity index (χ2n) is 7.14. The zero-order valence-electron chi connectivity index (χ0n) is 18.3. The lowest BCUT2D eigenvalue weighted by atomic mass is 9.86. The number of hydrogen-bond donors (Lipinski definition) is 0. The number of rotatable bonds is 7. The molecule has 1 aliphatic heterocycles. The SMILES string of the molecule is COc1ccc(C=NC2C(C(F)(F)F)[C@H](OC(C)=O)C(COC(C)=O)O[C@H]2OC(C)=O)cc1. The van der Waals surface area contributed by atoms with E-state index in [1.54, 1.807) is 24.3 Å². The van der Waals surface area contributed by atoms with Gasteiger partial charge >= 0.3 is 24.1 Å². The van der Waals surface area contributed by atoms with Gasteiger partial charge in [-0.15, -0.1) is 0 Å². The lowest BCUT2D eigenvalue weighted by Crippen LogP contribution is -2.61. The second kappa shape index (κ2) is 11.1. The summed E-state index contributed by atoms with van der Waals surface area (Å²) in [6.45, 7) is 2.32. The summed E-state index contributed by atoms with van der Waals surface area (Å²) in [5.41, 5.74) is 0.435. The molecule has 0 aliphatic carbocycles. The molecule has 0 N–H and O–H groups in total. The van der Waals surface area contributed by atoms with Crippen LogP contribution in [0.25, 0.3) is 0 Å². The number of esters is 3. The molecule has 1 aromatic rings. The lowest BCUT2D eigenvalue weighted by Gasteiger charge is -2.44. The number of carbonyl (C=O) groups excluding carboxylic acids is 3. The van der Waals surface area contributed by atoms with Crippen molar-refractivity contribution in [2.75, 3.05) is 13.7 Å².